The van der Waals surface area contributed by atoms with E-state index >= 15 is 0 Å². The van der Waals surface area contributed by atoms with Crippen LogP contribution in [0.25, 0.3) is 21.4 Å². The fraction of sp³-hybridized carbons (Fsp3) is 0.440. The zero-order valence-electron chi connectivity index (χ0n) is 20.5. The third-order valence-corrected chi connectivity index (χ3v) is 8.31. The summed E-state index contributed by atoms with van der Waals surface area (Å²) in [6.45, 7) is 7.31. The molecule has 6 rings (SSSR count). The molecule has 11 heteroatoms. The number of imidazole rings is 1. The molecule has 2 saturated heterocycles. The molecule has 0 aliphatic carbocycles. The van der Waals surface area contributed by atoms with Crippen LogP contribution >= 0.6 is 11.3 Å². The Morgan fingerprint density at radius 2 is 2.06 bits per heavy atom. The molecule has 1 N–H and O–H groups in total. The molecule has 36 heavy (non-hydrogen) atoms. The van der Waals surface area contributed by atoms with E-state index in [1.807, 2.05) is 18.4 Å². The molecule has 5 heterocycles. The van der Waals surface area contributed by atoms with Gasteiger partial charge in [-0.25, -0.2) is 14.2 Å². The van der Waals surface area contributed by atoms with Crippen molar-refractivity contribution < 1.29 is 4.39 Å². The molecular formula is C25H28FN7O2S. The van der Waals surface area contributed by atoms with E-state index < -0.39 is 5.69 Å². The third kappa shape index (κ3) is 3.68. The van der Waals surface area contributed by atoms with Gasteiger partial charge in [0.2, 0.25) is 5.95 Å². The number of allylic oxidation sites excluding steroid dienone is 2. The summed E-state index contributed by atoms with van der Waals surface area (Å²) in [5.41, 5.74) is 1.62. The first-order chi connectivity index (χ1) is 17.3. The zero-order valence-corrected chi connectivity index (χ0v) is 21.3. The Labute approximate surface area is 210 Å². The number of rotatable bonds is 5. The first kappa shape index (κ1) is 23.1. The van der Waals surface area contributed by atoms with E-state index in [1.165, 1.54) is 32.6 Å². The summed E-state index contributed by atoms with van der Waals surface area (Å²) in [4.78, 5) is 38.8. The molecule has 0 amide bonds. The summed E-state index contributed by atoms with van der Waals surface area (Å²) >= 11 is 1.35. The predicted octanol–water partition coefficient (Wildman–Crippen LogP) is 2.46. The molecule has 0 radical (unpaired) electrons. The monoisotopic (exact) mass is 509 g/mol. The average Bonchev–Trinajstić information content (AvgIpc) is 3.60. The number of fused-ring (bicyclic) bond motifs is 3. The van der Waals surface area contributed by atoms with Crippen LogP contribution in [0.5, 0.6) is 0 Å². The van der Waals surface area contributed by atoms with Gasteiger partial charge in [-0.05, 0) is 38.3 Å². The molecule has 0 bridgehead atoms. The minimum absolute atomic E-state index is 0.0178. The van der Waals surface area contributed by atoms with Gasteiger partial charge >= 0.3 is 5.69 Å². The smallest absolute Gasteiger partial charge is 0.332 e. The molecule has 2 unspecified atom stereocenters. The quantitative estimate of drug-likeness (QED) is 0.416. The Kier molecular flexibility index (Phi) is 5.56. The van der Waals surface area contributed by atoms with Gasteiger partial charge < -0.3 is 14.8 Å². The van der Waals surface area contributed by atoms with Gasteiger partial charge in [0.25, 0.3) is 5.56 Å². The number of aromatic nitrogens is 5. The fourth-order valence-electron chi connectivity index (χ4n) is 5.41. The molecule has 1 aromatic carbocycles. The molecule has 2 aliphatic rings. The van der Waals surface area contributed by atoms with Crippen LogP contribution < -0.4 is 21.5 Å². The van der Waals surface area contributed by atoms with Gasteiger partial charge in [0, 0.05) is 45.3 Å². The Hall–Kier alpha value is -3.31. The van der Waals surface area contributed by atoms with Crippen molar-refractivity contribution in [1.29, 1.82) is 0 Å². The highest BCUT2D eigenvalue weighted by Gasteiger charge is 2.40. The summed E-state index contributed by atoms with van der Waals surface area (Å²) < 4.78 is 19.1. The van der Waals surface area contributed by atoms with Crippen LogP contribution in [0, 0.1) is 11.7 Å². The van der Waals surface area contributed by atoms with E-state index in [1.54, 1.807) is 13.1 Å². The number of nitrogens with one attached hydrogen (secondary N) is 1. The number of benzene rings is 1. The van der Waals surface area contributed by atoms with Crippen LogP contribution in [0.3, 0.4) is 0 Å². The molecule has 0 saturated carbocycles. The summed E-state index contributed by atoms with van der Waals surface area (Å²) in [6, 6.07) is 4.74. The second kappa shape index (κ2) is 8.67. The minimum atomic E-state index is -0.446. The van der Waals surface area contributed by atoms with E-state index in [0.29, 0.717) is 40.2 Å². The molecule has 0 spiro atoms. The number of hydrogen-bond donors (Lipinski definition) is 1. The SMILES string of the molecule is CC(C)=CCn1c(N2CCC3CNCC32)nc2c1c(=O)n(Cc1nc3cc(F)ccc3s1)c(=O)n2C. The van der Waals surface area contributed by atoms with Crippen LogP contribution in [0.4, 0.5) is 10.3 Å². The Morgan fingerprint density at radius 1 is 1.22 bits per heavy atom. The highest BCUT2D eigenvalue weighted by Crippen LogP contribution is 2.33. The first-order valence-electron chi connectivity index (χ1n) is 12.2. The molecule has 2 aliphatic heterocycles. The Bertz CT molecular complexity index is 1640. The van der Waals surface area contributed by atoms with Crippen molar-refractivity contribution in [3.05, 3.63) is 61.5 Å². The number of nitrogens with zero attached hydrogens (tertiary/aromatic N) is 6. The lowest BCUT2D eigenvalue weighted by molar-refractivity contribution is 0.573. The van der Waals surface area contributed by atoms with Crippen LogP contribution in [0.2, 0.25) is 0 Å². The van der Waals surface area contributed by atoms with Gasteiger partial charge in [-0.15, -0.1) is 11.3 Å². The lowest BCUT2D eigenvalue weighted by Crippen LogP contribution is -2.40. The number of anilines is 1. The summed E-state index contributed by atoms with van der Waals surface area (Å²) in [7, 11) is 1.65. The second-order valence-corrected chi connectivity index (χ2v) is 11.0. The van der Waals surface area contributed by atoms with Crippen molar-refractivity contribution in [2.45, 2.75) is 39.4 Å². The number of thiazole rings is 1. The average molecular weight is 510 g/mol. The fourth-order valence-corrected chi connectivity index (χ4v) is 6.35. The molecule has 3 aromatic heterocycles. The largest absolute Gasteiger partial charge is 0.338 e. The zero-order chi connectivity index (χ0) is 25.1. The van der Waals surface area contributed by atoms with E-state index in [-0.39, 0.29) is 17.9 Å². The third-order valence-electron chi connectivity index (χ3n) is 7.28. The maximum Gasteiger partial charge on any atom is 0.332 e. The second-order valence-electron chi connectivity index (χ2n) is 9.90. The van der Waals surface area contributed by atoms with E-state index in [2.05, 4.69) is 21.3 Å². The molecule has 2 fully saturated rings. The Morgan fingerprint density at radius 3 is 2.86 bits per heavy atom. The topological polar surface area (TPSA) is 90.0 Å². The lowest BCUT2D eigenvalue weighted by Gasteiger charge is -2.25. The number of halogens is 1. The number of aryl methyl sites for hydroxylation is 1. The molecule has 188 valence electrons. The van der Waals surface area contributed by atoms with Gasteiger partial charge in [0.05, 0.1) is 16.8 Å². The van der Waals surface area contributed by atoms with Crippen molar-refractivity contribution in [1.82, 2.24) is 29.0 Å². The van der Waals surface area contributed by atoms with Gasteiger partial charge in [-0.1, -0.05) is 11.6 Å². The van der Waals surface area contributed by atoms with Crippen molar-refractivity contribution in [3.8, 4) is 0 Å². The maximum atomic E-state index is 13.9. The van der Waals surface area contributed by atoms with Gasteiger partial charge in [0.15, 0.2) is 11.2 Å². The first-order valence-corrected chi connectivity index (χ1v) is 13.0. The van der Waals surface area contributed by atoms with Crippen molar-refractivity contribution in [2.75, 3.05) is 24.5 Å². The van der Waals surface area contributed by atoms with Crippen molar-refractivity contribution in [3.63, 3.8) is 0 Å². The highest BCUT2D eigenvalue weighted by molar-refractivity contribution is 7.18. The highest BCUT2D eigenvalue weighted by atomic mass is 32.1. The molecular weight excluding hydrogens is 481 g/mol. The maximum absolute atomic E-state index is 13.9. The predicted molar refractivity (Wildman–Crippen MR) is 139 cm³/mol. The van der Waals surface area contributed by atoms with Crippen molar-refractivity contribution >= 4 is 38.7 Å². The van der Waals surface area contributed by atoms with E-state index in [9.17, 15) is 14.0 Å². The number of hydrogen-bond acceptors (Lipinski definition) is 7. The standard InChI is InChI=1S/C25H28FN7O2S/c1-14(2)6-8-32-21-22(29-24(32)31-9-7-15-11-27-12-18(15)31)30(3)25(35)33(23(21)34)13-20-28-17-10-16(26)4-5-19(17)36-20/h4-6,10,15,18,27H,7-9,11-13H2,1-3H3. The van der Waals surface area contributed by atoms with E-state index in [0.717, 1.165) is 42.3 Å². The van der Waals surface area contributed by atoms with Gasteiger partial charge in [0.1, 0.15) is 10.8 Å². The molecule has 2 atom stereocenters. The summed E-state index contributed by atoms with van der Waals surface area (Å²) in [5.74, 6) is 0.927. The van der Waals surface area contributed by atoms with E-state index in [4.69, 9.17) is 4.98 Å². The summed E-state index contributed by atoms with van der Waals surface area (Å²) in [5, 5.41) is 4.04. The lowest BCUT2D eigenvalue weighted by atomic mass is 10.1. The van der Waals surface area contributed by atoms with Gasteiger partial charge in [-0.3, -0.25) is 13.9 Å². The van der Waals surface area contributed by atoms with Crippen LogP contribution in [0.15, 0.2) is 39.4 Å². The normalized spacial score (nSPS) is 19.5. The summed E-state index contributed by atoms with van der Waals surface area (Å²) in [6.07, 6.45) is 3.15. The Balaban J connectivity index is 1.52. The molecule has 9 nitrogen and oxygen atoms in total. The molecule has 4 aromatic rings. The minimum Gasteiger partial charge on any atom is -0.338 e. The van der Waals surface area contributed by atoms with Crippen molar-refractivity contribution in [2.24, 2.45) is 13.0 Å². The van der Waals surface area contributed by atoms with Gasteiger partial charge in [-0.2, -0.15) is 4.98 Å². The van der Waals surface area contributed by atoms with Crippen LogP contribution in [-0.2, 0) is 20.1 Å². The van der Waals surface area contributed by atoms with Crippen LogP contribution in [-0.4, -0.2) is 49.3 Å². The van der Waals surface area contributed by atoms with Crippen LogP contribution in [0.1, 0.15) is 25.3 Å².